The van der Waals surface area contributed by atoms with Crippen LogP contribution in [0.2, 0.25) is 0 Å². The Kier molecular flexibility index (Phi) is 3.02. The molecule has 5 nitrogen and oxygen atoms in total. The number of ether oxygens (including phenoxy) is 1. The number of hydrogen-bond acceptors (Lipinski definition) is 4. The van der Waals surface area contributed by atoms with Crippen LogP contribution in [0.3, 0.4) is 0 Å². The quantitative estimate of drug-likeness (QED) is 0.870. The van der Waals surface area contributed by atoms with Gasteiger partial charge in [-0.2, -0.15) is 0 Å². The number of fused-ring (bicyclic) bond motifs is 1. The van der Waals surface area contributed by atoms with E-state index in [9.17, 15) is 9.59 Å². The lowest BCUT2D eigenvalue weighted by Crippen LogP contribution is -2.25. The third-order valence-electron chi connectivity index (χ3n) is 3.11. The fraction of sp³-hybridized carbons (Fsp3) is 0.200. The van der Waals surface area contributed by atoms with Gasteiger partial charge in [0.2, 0.25) is 5.78 Å². The summed E-state index contributed by atoms with van der Waals surface area (Å²) in [6.07, 6.45) is 0.737. The van der Waals surface area contributed by atoms with Crippen LogP contribution in [0.1, 0.15) is 28.8 Å². The molecule has 5 heteroatoms. The first-order valence-electron chi connectivity index (χ1n) is 6.37. The topological polar surface area (TPSA) is 68.5 Å². The molecule has 2 heterocycles. The smallest absolute Gasteiger partial charge is 0.262 e. The van der Waals surface area contributed by atoms with Crippen LogP contribution >= 0.6 is 0 Å². The van der Waals surface area contributed by atoms with E-state index in [1.165, 1.54) is 0 Å². The zero-order chi connectivity index (χ0) is 14.1. The molecule has 20 heavy (non-hydrogen) atoms. The lowest BCUT2D eigenvalue weighted by Gasteiger charge is -2.18. The molecule has 0 bridgehead atoms. The Morgan fingerprint density at radius 2 is 2.15 bits per heavy atom. The first kappa shape index (κ1) is 12.5. The zero-order valence-corrected chi connectivity index (χ0v) is 10.9. The van der Waals surface area contributed by atoms with Gasteiger partial charge in [0.25, 0.3) is 5.91 Å². The van der Waals surface area contributed by atoms with E-state index in [2.05, 4.69) is 5.32 Å². The lowest BCUT2D eigenvalue weighted by atomic mass is 10.1. The van der Waals surface area contributed by atoms with Gasteiger partial charge in [-0.25, -0.2) is 0 Å². The minimum Gasteiger partial charge on any atom is -0.482 e. The molecule has 0 aliphatic carbocycles. The van der Waals surface area contributed by atoms with Gasteiger partial charge in [0.05, 0.1) is 5.69 Å². The Balaban J connectivity index is 1.92. The van der Waals surface area contributed by atoms with Crippen LogP contribution in [0.25, 0.3) is 0 Å². The normalized spacial score (nSPS) is 13.3. The van der Waals surface area contributed by atoms with Crippen molar-refractivity contribution in [2.75, 3.05) is 11.9 Å². The predicted octanol–water partition coefficient (Wildman–Crippen LogP) is 2.40. The first-order valence-corrected chi connectivity index (χ1v) is 6.37. The van der Waals surface area contributed by atoms with Gasteiger partial charge in [-0.05, 0) is 30.3 Å². The van der Waals surface area contributed by atoms with Crippen LogP contribution in [0.4, 0.5) is 5.69 Å². The molecule has 0 radical (unpaired) electrons. The van der Waals surface area contributed by atoms with Crippen LogP contribution < -0.4 is 10.1 Å². The Labute approximate surface area is 115 Å². The number of amides is 1. The van der Waals surface area contributed by atoms with Crippen molar-refractivity contribution in [3.63, 3.8) is 0 Å². The summed E-state index contributed by atoms with van der Waals surface area (Å²) >= 11 is 0. The number of nitrogens with one attached hydrogen (secondary N) is 1. The summed E-state index contributed by atoms with van der Waals surface area (Å²) in [6, 6.07) is 8.38. The molecule has 2 aromatic rings. The molecule has 1 aliphatic rings. The SMILES string of the molecule is CCc1ccc(C(=O)c2ccc3c(c2)NC(=O)CO3)o1. The Morgan fingerprint density at radius 1 is 1.30 bits per heavy atom. The molecule has 0 atom stereocenters. The molecule has 1 amide bonds. The number of hydrogen-bond donors (Lipinski definition) is 1. The molecule has 3 rings (SSSR count). The highest BCUT2D eigenvalue weighted by Gasteiger charge is 2.19. The van der Waals surface area contributed by atoms with Crippen molar-refractivity contribution in [1.82, 2.24) is 0 Å². The number of furan rings is 1. The largest absolute Gasteiger partial charge is 0.482 e. The fourth-order valence-electron chi connectivity index (χ4n) is 2.06. The van der Waals surface area contributed by atoms with Gasteiger partial charge >= 0.3 is 0 Å². The third-order valence-corrected chi connectivity index (χ3v) is 3.11. The summed E-state index contributed by atoms with van der Waals surface area (Å²) in [5.41, 5.74) is 0.959. The van der Waals surface area contributed by atoms with Crippen LogP contribution in [-0.4, -0.2) is 18.3 Å². The molecule has 1 N–H and O–H groups in total. The van der Waals surface area contributed by atoms with Crippen molar-refractivity contribution < 1.29 is 18.7 Å². The van der Waals surface area contributed by atoms with E-state index < -0.39 is 0 Å². The van der Waals surface area contributed by atoms with Crippen molar-refractivity contribution in [1.29, 1.82) is 0 Å². The Morgan fingerprint density at radius 3 is 2.90 bits per heavy atom. The molecule has 102 valence electrons. The van der Waals surface area contributed by atoms with Gasteiger partial charge in [-0.1, -0.05) is 6.92 Å². The second kappa shape index (κ2) is 4.85. The van der Waals surface area contributed by atoms with E-state index in [0.717, 1.165) is 12.2 Å². The molecular weight excluding hydrogens is 258 g/mol. The van der Waals surface area contributed by atoms with Crippen molar-refractivity contribution in [3.8, 4) is 5.75 Å². The van der Waals surface area contributed by atoms with E-state index >= 15 is 0 Å². The average Bonchev–Trinajstić information content (AvgIpc) is 2.94. The highest BCUT2D eigenvalue weighted by atomic mass is 16.5. The molecule has 1 aromatic carbocycles. The third kappa shape index (κ3) is 2.18. The maximum absolute atomic E-state index is 12.3. The van der Waals surface area contributed by atoms with Crippen molar-refractivity contribution in [2.24, 2.45) is 0 Å². The summed E-state index contributed by atoms with van der Waals surface area (Å²) in [6.45, 7) is 1.96. The first-order chi connectivity index (χ1) is 9.67. The minimum atomic E-state index is -0.228. The summed E-state index contributed by atoms with van der Waals surface area (Å²) in [5.74, 6) is 1.18. The maximum atomic E-state index is 12.3. The van der Waals surface area contributed by atoms with Gasteiger partial charge in [-0.3, -0.25) is 9.59 Å². The van der Waals surface area contributed by atoms with E-state index in [1.54, 1.807) is 30.3 Å². The Hall–Kier alpha value is -2.56. The highest BCUT2D eigenvalue weighted by molar-refractivity contribution is 6.08. The number of ketones is 1. The summed E-state index contributed by atoms with van der Waals surface area (Å²) < 4.78 is 10.7. The number of carbonyl (C=O) groups is 2. The van der Waals surface area contributed by atoms with Crippen molar-refractivity contribution >= 4 is 17.4 Å². The van der Waals surface area contributed by atoms with Gasteiger partial charge < -0.3 is 14.5 Å². The van der Waals surface area contributed by atoms with E-state index in [1.807, 2.05) is 6.92 Å². The van der Waals surface area contributed by atoms with E-state index in [4.69, 9.17) is 9.15 Å². The average molecular weight is 271 g/mol. The number of rotatable bonds is 3. The van der Waals surface area contributed by atoms with Crippen LogP contribution in [0, 0.1) is 0 Å². The molecule has 0 saturated heterocycles. The Bertz CT molecular complexity index is 687. The summed E-state index contributed by atoms with van der Waals surface area (Å²) in [4.78, 5) is 23.6. The monoisotopic (exact) mass is 271 g/mol. The number of carbonyl (C=O) groups excluding carboxylic acids is 2. The van der Waals surface area contributed by atoms with Crippen LogP contribution in [0.15, 0.2) is 34.7 Å². The van der Waals surface area contributed by atoms with Crippen molar-refractivity contribution in [2.45, 2.75) is 13.3 Å². The van der Waals surface area contributed by atoms with Gasteiger partial charge in [0, 0.05) is 12.0 Å². The molecule has 1 aromatic heterocycles. The van der Waals surface area contributed by atoms with Gasteiger partial charge in [-0.15, -0.1) is 0 Å². The van der Waals surface area contributed by atoms with Gasteiger partial charge in [0.15, 0.2) is 12.4 Å². The standard InChI is InChI=1S/C15H13NO4/c1-2-10-4-6-13(20-10)15(18)9-3-5-12-11(7-9)16-14(17)8-19-12/h3-7H,2,8H2,1H3,(H,16,17). The summed E-state index contributed by atoms with van der Waals surface area (Å²) in [7, 11) is 0. The second-order valence-electron chi connectivity index (χ2n) is 4.50. The number of anilines is 1. The van der Waals surface area contributed by atoms with Crippen LogP contribution in [0.5, 0.6) is 5.75 Å². The molecule has 1 aliphatic heterocycles. The zero-order valence-electron chi connectivity index (χ0n) is 10.9. The molecule has 0 spiro atoms. The number of aryl methyl sites for hydroxylation is 1. The minimum absolute atomic E-state index is 0.00165. The molecule has 0 unspecified atom stereocenters. The molecular formula is C15H13NO4. The maximum Gasteiger partial charge on any atom is 0.262 e. The lowest BCUT2D eigenvalue weighted by molar-refractivity contribution is -0.118. The van der Waals surface area contributed by atoms with Gasteiger partial charge in [0.1, 0.15) is 11.5 Å². The number of benzene rings is 1. The van der Waals surface area contributed by atoms with Crippen LogP contribution in [-0.2, 0) is 11.2 Å². The van der Waals surface area contributed by atoms with E-state index in [-0.39, 0.29) is 18.3 Å². The molecule has 0 fully saturated rings. The van der Waals surface area contributed by atoms with Crippen molar-refractivity contribution in [3.05, 3.63) is 47.4 Å². The second-order valence-corrected chi connectivity index (χ2v) is 4.50. The molecule has 0 saturated carbocycles. The van der Waals surface area contributed by atoms with E-state index in [0.29, 0.717) is 22.8 Å². The highest BCUT2D eigenvalue weighted by Crippen LogP contribution is 2.29. The summed E-state index contributed by atoms with van der Waals surface area (Å²) in [5, 5.41) is 2.68. The fourth-order valence-corrected chi connectivity index (χ4v) is 2.06. The predicted molar refractivity (Wildman–Crippen MR) is 72.1 cm³/mol.